The largest absolute Gasteiger partial charge is 0.420 e. The number of benzene rings is 1. The Kier molecular flexibility index (Phi) is 2.74. The van der Waals surface area contributed by atoms with Gasteiger partial charge in [0.15, 0.2) is 5.58 Å². The van der Waals surface area contributed by atoms with Gasteiger partial charge in [0, 0.05) is 13.1 Å². The van der Waals surface area contributed by atoms with Crippen LogP contribution in [0.4, 0.5) is 0 Å². The molecule has 0 bridgehead atoms. The van der Waals surface area contributed by atoms with Gasteiger partial charge in [0.25, 0.3) is 0 Å². The fourth-order valence-corrected chi connectivity index (χ4v) is 2.61. The lowest BCUT2D eigenvalue weighted by Gasteiger charge is -2.14. The fourth-order valence-electron chi connectivity index (χ4n) is 2.61. The molecule has 19 heavy (non-hydrogen) atoms. The number of rotatable bonds is 2. The maximum atomic E-state index is 11.9. The molecule has 1 fully saturated rings. The summed E-state index contributed by atoms with van der Waals surface area (Å²) in [6.45, 7) is 4.64. The molecule has 1 atom stereocenters. The van der Waals surface area contributed by atoms with Crippen LogP contribution in [0.1, 0.15) is 12.5 Å². The molecule has 5 nitrogen and oxygen atoms in total. The maximum Gasteiger partial charge on any atom is 0.420 e. The van der Waals surface area contributed by atoms with Crippen LogP contribution in [0.2, 0.25) is 0 Å². The van der Waals surface area contributed by atoms with Gasteiger partial charge in [-0.1, -0.05) is 18.7 Å². The van der Waals surface area contributed by atoms with Gasteiger partial charge < -0.3 is 9.32 Å². The monoisotopic (exact) mass is 258 g/mol. The first-order valence-corrected chi connectivity index (χ1v) is 6.22. The van der Waals surface area contributed by atoms with E-state index in [0.717, 1.165) is 11.9 Å². The number of para-hydroxylation sites is 2. The first kappa shape index (κ1) is 11.8. The number of hydrogen-bond acceptors (Lipinski definition) is 3. The topological polar surface area (TPSA) is 55.5 Å². The van der Waals surface area contributed by atoms with E-state index in [9.17, 15) is 9.59 Å². The molecule has 5 heteroatoms. The van der Waals surface area contributed by atoms with Crippen molar-refractivity contribution < 1.29 is 9.21 Å². The van der Waals surface area contributed by atoms with Crippen LogP contribution < -0.4 is 5.76 Å². The van der Waals surface area contributed by atoms with E-state index in [1.165, 1.54) is 6.08 Å². The molecular formula is C14H14N2O3. The molecule has 2 heterocycles. The van der Waals surface area contributed by atoms with Gasteiger partial charge in [0.1, 0.15) is 0 Å². The Morgan fingerprint density at radius 1 is 1.42 bits per heavy atom. The maximum absolute atomic E-state index is 11.9. The number of aromatic nitrogens is 1. The summed E-state index contributed by atoms with van der Waals surface area (Å²) in [6, 6.07) is 7.31. The zero-order valence-electron chi connectivity index (χ0n) is 10.4. The van der Waals surface area contributed by atoms with Gasteiger partial charge in [-0.2, -0.15) is 0 Å². The summed E-state index contributed by atoms with van der Waals surface area (Å²) in [4.78, 5) is 25.2. The lowest BCUT2D eigenvalue weighted by Crippen LogP contribution is -2.29. The number of likely N-dealkylation sites (tertiary alicyclic amines) is 1. The van der Waals surface area contributed by atoms with E-state index in [2.05, 4.69) is 6.58 Å². The minimum atomic E-state index is -0.362. The van der Waals surface area contributed by atoms with Crippen molar-refractivity contribution in [2.75, 3.05) is 13.1 Å². The predicted molar refractivity (Wildman–Crippen MR) is 70.9 cm³/mol. The molecule has 0 radical (unpaired) electrons. The number of hydrogen-bond donors (Lipinski definition) is 0. The van der Waals surface area contributed by atoms with Gasteiger partial charge in [-0.3, -0.25) is 9.36 Å². The van der Waals surface area contributed by atoms with E-state index in [-0.39, 0.29) is 17.7 Å². The zero-order valence-corrected chi connectivity index (χ0v) is 10.4. The zero-order chi connectivity index (χ0) is 13.4. The van der Waals surface area contributed by atoms with Gasteiger partial charge in [0.2, 0.25) is 5.91 Å². The third-order valence-electron chi connectivity index (χ3n) is 3.53. The molecule has 1 aliphatic rings. The number of oxazole rings is 1. The summed E-state index contributed by atoms with van der Waals surface area (Å²) in [5, 5.41) is 0. The molecule has 0 aliphatic carbocycles. The molecule has 1 amide bonds. The quantitative estimate of drug-likeness (QED) is 0.768. The molecule has 0 saturated carbocycles. The smallest absolute Gasteiger partial charge is 0.408 e. The van der Waals surface area contributed by atoms with E-state index >= 15 is 0 Å². The van der Waals surface area contributed by atoms with Crippen molar-refractivity contribution >= 4 is 17.0 Å². The van der Waals surface area contributed by atoms with Crippen LogP contribution in [-0.2, 0) is 4.79 Å². The minimum absolute atomic E-state index is 0.0277. The van der Waals surface area contributed by atoms with Gasteiger partial charge in [-0.15, -0.1) is 0 Å². The first-order chi connectivity index (χ1) is 9.20. The Bertz CT molecular complexity index is 698. The van der Waals surface area contributed by atoms with Crippen LogP contribution in [0.5, 0.6) is 0 Å². The van der Waals surface area contributed by atoms with Crippen molar-refractivity contribution in [3.8, 4) is 0 Å². The Morgan fingerprint density at radius 3 is 3.00 bits per heavy atom. The van der Waals surface area contributed by atoms with Gasteiger partial charge in [0.05, 0.1) is 11.6 Å². The second-order valence-electron chi connectivity index (χ2n) is 4.64. The van der Waals surface area contributed by atoms with Gasteiger partial charge in [-0.25, -0.2) is 4.79 Å². The molecule has 98 valence electrons. The van der Waals surface area contributed by atoms with Gasteiger partial charge in [-0.05, 0) is 24.6 Å². The Labute approximate surface area is 109 Å². The number of nitrogens with zero attached hydrogens (tertiary/aromatic N) is 2. The lowest BCUT2D eigenvalue weighted by atomic mass is 10.2. The van der Waals surface area contributed by atoms with E-state index in [1.54, 1.807) is 15.5 Å². The summed E-state index contributed by atoms with van der Waals surface area (Å²) in [7, 11) is 0. The van der Waals surface area contributed by atoms with Crippen LogP contribution in [0.3, 0.4) is 0 Å². The van der Waals surface area contributed by atoms with Crippen LogP contribution in [-0.4, -0.2) is 28.5 Å². The SMILES string of the molecule is C=CC(=O)N1CCC(n2c(=O)oc3ccccc32)C1. The molecule has 0 N–H and O–H groups in total. The molecule has 2 aromatic rings. The highest BCUT2D eigenvalue weighted by molar-refractivity contribution is 5.87. The normalized spacial score (nSPS) is 18.9. The molecule has 1 aromatic heterocycles. The van der Waals surface area contributed by atoms with Crippen LogP contribution in [0.25, 0.3) is 11.1 Å². The average Bonchev–Trinajstić information content (AvgIpc) is 3.00. The van der Waals surface area contributed by atoms with Crippen molar-refractivity contribution in [2.24, 2.45) is 0 Å². The van der Waals surface area contributed by atoms with Crippen LogP contribution >= 0.6 is 0 Å². The Balaban J connectivity index is 1.98. The summed E-state index contributed by atoms with van der Waals surface area (Å²) >= 11 is 0. The Morgan fingerprint density at radius 2 is 2.21 bits per heavy atom. The van der Waals surface area contributed by atoms with Crippen molar-refractivity contribution in [3.63, 3.8) is 0 Å². The second kappa shape index (κ2) is 4.42. The average molecular weight is 258 g/mol. The highest BCUT2D eigenvalue weighted by Gasteiger charge is 2.28. The number of amides is 1. The summed E-state index contributed by atoms with van der Waals surface area (Å²) in [6.07, 6.45) is 2.06. The minimum Gasteiger partial charge on any atom is -0.408 e. The van der Waals surface area contributed by atoms with E-state index in [1.807, 2.05) is 18.2 Å². The van der Waals surface area contributed by atoms with Crippen LogP contribution in [0, 0.1) is 0 Å². The summed E-state index contributed by atoms with van der Waals surface area (Å²) < 4.78 is 6.86. The molecule has 0 spiro atoms. The van der Waals surface area contributed by atoms with E-state index in [0.29, 0.717) is 18.7 Å². The molecular weight excluding hydrogens is 244 g/mol. The van der Waals surface area contributed by atoms with E-state index < -0.39 is 0 Å². The number of carbonyl (C=O) groups excluding carboxylic acids is 1. The highest BCUT2D eigenvalue weighted by atomic mass is 16.4. The summed E-state index contributed by atoms with van der Waals surface area (Å²) in [5.74, 6) is -0.456. The number of fused-ring (bicyclic) bond motifs is 1. The van der Waals surface area contributed by atoms with Gasteiger partial charge >= 0.3 is 5.76 Å². The van der Waals surface area contributed by atoms with Crippen molar-refractivity contribution in [2.45, 2.75) is 12.5 Å². The number of carbonyl (C=O) groups is 1. The molecule has 1 aliphatic heterocycles. The summed E-state index contributed by atoms with van der Waals surface area (Å²) in [5.41, 5.74) is 1.37. The fraction of sp³-hybridized carbons (Fsp3) is 0.286. The first-order valence-electron chi connectivity index (χ1n) is 6.22. The lowest BCUT2D eigenvalue weighted by molar-refractivity contribution is -0.125. The standard InChI is InChI=1S/C14H14N2O3/c1-2-13(17)15-8-7-10(9-15)16-11-5-3-4-6-12(11)19-14(16)18/h2-6,10H,1,7-9H2. The molecule has 3 rings (SSSR count). The van der Waals surface area contributed by atoms with Crippen molar-refractivity contribution in [1.82, 2.24) is 9.47 Å². The molecule has 1 unspecified atom stereocenters. The van der Waals surface area contributed by atoms with Crippen molar-refractivity contribution in [1.29, 1.82) is 0 Å². The second-order valence-corrected chi connectivity index (χ2v) is 4.64. The van der Waals surface area contributed by atoms with E-state index in [4.69, 9.17) is 4.42 Å². The predicted octanol–water partition coefficient (Wildman–Crippen LogP) is 1.55. The van der Waals surface area contributed by atoms with Crippen molar-refractivity contribution in [3.05, 3.63) is 47.5 Å². The third-order valence-corrected chi connectivity index (χ3v) is 3.53. The van der Waals surface area contributed by atoms with Crippen LogP contribution in [0.15, 0.2) is 46.1 Å². The molecule has 1 aromatic carbocycles. The Hall–Kier alpha value is -2.30. The third kappa shape index (κ3) is 1.87. The highest BCUT2D eigenvalue weighted by Crippen LogP contribution is 2.24. The molecule has 1 saturated heterocycles.